The molecule has 2 amide bonds. The van der Waals surface area contributed by atoms with E-state index >= 15 is 0 Å². The molecule has 2 fully saturated rings. The number of hydrogen-bond acceptors (Lipinski definition) is 5. The van der Waals surface area contributed by atoms with Gasteiger partial charge in [-0.3, -0.25) is 9.59 Å². The minimum atomic E-state index is -0.410. The second-order valence-corrected chi connectivity index (χ2v) is 6.92. The average molecular weight is 370 g/mol. The van der Waals surface area contributed by atoms with Crippen molar-refractivity contribution in [2.75, 3.05) is 22.9 Å². The Kier molecular flexibility index (Phi) is 4.81. The fraction of sp³-hybridized carbons (Fsp3) is 0.368. The maximum Gasteiger partial charge on any atom is 0.292 e. The molecule has 0 radical (unpaired) electrons. The SMILES string of the molecule is O=C1C[C@@H]([NH2+]C2CCN(c3ncccn3)CC2)C(=O)N1c1ccc(F)cc1. The van der Waals surface area contributed by atoms with Gasteiger partial charge in [-0.05, 0) is 30.3 Å². The van der Waals surface area contributed by atoms with E-state index in [2.05, 4.69) is 14.9 Å². The quantitative estimate of drug-likeness (QED) is 0.792. The normalized spacial score (nSPS) is 21.1. The third kappa shape index (κ3) is 3.66. The molecule has 4 rings (SSSR count). The van der Waals surface area contributed by atoms with Crippen molar-refractivity contribution in [3.05, 3.63) is 48.5 Å². The van der Waals surface area contributed by atoms with E-state index in [9.17, 15) is 14.0 Å². The van der Waals surface area contributed by atoms with Crippen molar-refractivity contribution in [1.29, 1.82) is 0 Å². The van der Waals surface area contributed by atoms with Gasteiger partial charge in [0.25, 0.3) is 5.91 Å². The summed E-state index contributed by atoms with van der Waals surface area (Å²) in [5.41, 5.74) is 0.429. The average Bonchev–Trinajstić information content (AvgIpc) is 2.97. The summed E-state index contributed by atoms with van der Waals surface area (Å²) in [5.74, 6) is -0.121. The summed E-state index contributed by atoms with van der Waals surface area (Å²) in [4.78, 5) is 36.9. The van der Waals surface area contributed by atoms with E-state index in [1.165, 1.54) is 29.2 Å². The van der Waals surface area contributed by atoms with Gasteiger partial charge in [0.2, 0.25) is 11.9 Å². The molecular formula is C19H21FN5O2+. The van der Waals surface area contributed by atoms with Crippen molar-refractivity contribution >= 4 is 23.5 Å². The largest absolute Gasteiger partial charge is 0.340 e. The van der Waals surface area contributed by atoms with Crippen LogP contribution < -0.4 is 15.1 Å². The molecule has 0 aliphatic carbocycles. The van der Waals surface area contributed by atoms with E-state index in [-0.39, 0.29) is 24.3 Å². The molecule has 2 aliphatic rings. The Hall–Kier alpha value is -2.87. The van der Waals surface area contributed by atoms with E-state index in [1.807, 2.05) is 5.32 Å². The first-order valence-corrected chi connectivity index (χ1v) is 9.11. The van der Waals surface area contributed by atoms with Gasteiger partial charge in [-0.15, -0.1) is 0 Å². The summed E-state index contributed by atoms with van der Waals surface area (Å²) in [6.07, 6.45) is 5.43. The number of quaternary nitrogens is 1. The van der Waals surface area contributed by atoms with Gasteiger partial charge in [0, 0.05) is 38.3 Å². The number of carbonyl (C=O) groups is 2. The summed E-state index contributed by atoms with van der Waals surface area (Å²) < 4.78 is 13.1. The number of imide groups is 1. The number of nitrogens with two attached hydrogens (primary N) is 1. The van der Waals surface area contributed by atoms with Crippen LogP contribution in [-0.4, -0.2) is 47.0 Å². The first kappa shape index (κ1) is 17.5. The summed E-state index contributed by atoms with van der Waals surface area (Å²) in [7, 11) is 0. The predicted molar refractivity (Wildman–Crippen MR) is 96.5 cm³/mol. The van der Waals surface area contributed by atoms with Gasteiger partial charge in [0.1, 0.15) is 5.82 Å². The van der Waals surface area contributed by atoms with E-state index in [1.54, 1.807) is 18.5 Å². The zero-order valence-corrected chi connectivity index (χ0v) is 14.8. The van der Waals surface area contributed by atoms with E-state index in [0.717, 1.165) is 31.9 Å². The maximum atomic E-state index is 13.1. The minimum absolute atomic E-state index is 0.179. The fourth-order valence-electron chi connectivity index (χ4n) is 3.74. The summed E-state index contributed by atoms with van der Waals surface area (Å²) in [6.45, 7) is 1.64. The molecule has 7 nitrogen and oxygen atoms in total. The molecule has 2 aromatic rings. The van der Waals surface area contributed by atoms with Crippen LogP contribution >= 0.6 is 0 Å². The Labute approximate surface area is 156 Å². The highest BCUT2D eigenvalue weighted by atomic mass is 19.1. The number of piperidine rings is 1. The molecule has 2 N–H and O–H groups in total. The molecule has 3 heterocycles. The first-order valence-electron chi connectivity index (χ1n) is 9.11. The van der Waals surface area contributed by atoms with Crippen LogP contribution in [-0.2, 0) is 9.59 Å². The van der Waals surface area contributed by atoms with Crippen molar-refractivity contribution in [3.8, 4) is 0 Å². The number of nitrogens with zero attached hydrogens (tertiary/aromatic N) is 4. The molecule has 8 heteroatoms. The molecule has 0 saturated carbocycles. The van der Waals surface area contributed by atoms with Gasteiger partial charge in [0.05, 0.1) is 18.2 Å². The minimum Gasteiger partial charge on any atom is -0.340 e. The van der Waals surface area contributed by atoms with Crippen LogP contribution in [0.1, 0.15) is 19.3 Å². The Morgan fingerprint density at radius 3 is 2.37 bits per heavy atom. The van der Waals surface area contributed by atoms with Crippen LogP contribution in [0.25, 0.3) is 0 Å². The summed E-state index contributed by atoms with van der Waals surface area (Å²) in [5, 5.41) is 2.02. The van der Waals surface area contributed by atoms with Gasteiger partial charge in [-0.2, -0.15) is 0 Å². The van der Waals surface area contributed by atoms with E-state index in [0.29, 0.717) is 5.69 Å². The van der Waals surface area contributed by atoms with Crippen LogP contribution in [0.2, 0.25) is 0 Å². The number of carbonyl (C=O) groups excluding carboxylic acids is 2. The number of benzene rings is 1. The molecule has 0 unspecified atom stereocenters. The van der Waals surface area contributed by atoms with Gasteiger partial charge < -0.3 is 10.2 Å². The molecule has 1 aromatic carbocycles. The zero-order chi connectivity index (χ0) is 18.8. The maximum absolute atomic E-state index is 13.1. The van der Waals surface area contributed by atoms with Crippen molar-refractivity contribution in [2.24, 2.45) is 0 Å². The Morgan fingerprint density at radius 2 is 1.70 bits per heavy atom. The topological polar surface area (TPSA) is 83.0 Å². The Bertz CT molecular complexity index is 822. The highest BCUT2D eigenvalue weighted by molar-refractivity contribution is 6.21. The van der Waals surface area contributed by atoms with Crippen molar-refractivity contribution in [1.82, 2.24) is 9.97 Å². The monoisotopic (exact) mass is 370 g/mol. The van der Waals surface area contributed by atoms with Gasteiger partial charge in [-0.25, -0.2) is 19.3 Å². The second-order valence-electron chi connectivity index (χ2n) is 6.92. The van der Waals surface area contributed by atoms with E-state index in [4.69, 9.17) is 0 Å². The summed E-state index contributed by atoms with van der Waals surface area (Å²) in [6, 6.07) is 7.10. The molecule has 1 aromatic heterocycles. The molecule has 2 aliphatic heterocycles. The molecule has 2 saturated heterocycles. The van der Waals surface area contributed by atoms with Crippen molar-refractivity contribution < 1.29 is 19.3 Å². The van der Waals surface area contributed by atoms with Crippen LogP contribution in [0.3, 0.4) is 0 Å². The fourth-order valence-corrected chi connectivity index (χ4v) is 3.74. The predicted octanol–water partition coefficient (Wildman–Crippen LogP) is 0.480. The lowest BCUT2D eigenvalue weighted by molar-refractivity contribution is -0.709. The van der Waals surface area contributed by atoms with Crippen LogP contribution in [0.4, 0.5) is 16.0 Å². The molecule has 0 bridgehead atoms. The zero-order valence-electron chi connectivity index (χ0n) is 14.8. The Morgan fingerprint density at radius 1 is 1.04 bits per heavy atom. The lowest BCUT2D eigenvalue weighted by Gasteiger charge is -2.31. The molecule has 1 atom stereocenters. The number of aromatic nitrogens is 2. The van der Waals surface area contributed by atoms with Crippen LogP contribution in [0.15, 0.2) is 42.7 Å². The lowest BCUT2D eigenvalue weighted by atomic mass is 10.0. The standard InChI is InChI=1S/C19H20FN5O2/c20-13-2-4-15(5-3-13)25-17(26)12-16(18(25)27)23-14-6-10-24(11-7-14)19-21-8-1-9-22-19/h1-5,8-9,14,16,23H,6-7,10-12H2/p+1/t16-/m1/s1. The third-order valence-corrected chi connectivity index (χ3v) is 5.15. The Balaban J connectivity index is 1.36. The number of amides is 2. The van der Waals surface area contributed by atoms with E-state index < -0.39 is 11.9 Å². The summed E-state index contributed by atoms with van der Waals surface area (Å²) >= 11 is 0. The molecule has 140 valence electrons. The number of halogens is 1. The van der Waals surface area contributed by atoms with Gasteiger partial charge >= 0.3 is 0 Å². The highest BCUT2D eigenvalue weighted by Gasteiger charge is 2.43. The van der Waals surface area contributed by atoms with Crippen LogP contribution in [0.5, 0.6) is 0 Å². The smallest absolute Gasteiger partial charge is 0.292 e. The highest BCUT2D eigenvalue weighted by Crippen LogP contribution is 2.22. The lowest BCUT2D eigenvalue weighted by Crippen LogP contribution is -2.97. The number of rotatable bonds is 4. The molecule has 27 heavy (non-hydrogen) atoms. The van der Waals surface area contributed by atoms with Crippen molar-refractivity contribution in [2.45, 2.75) is 31.3 Å². The first-order chi connectivity index (χ1) is 13.1. The van der Waals surface area contributed by atoms with Crippen molar-refractivity contribution in [3.63, 3.8) is 0 Å². The molecular weight excluding hydrogens is 349 g/mol. The van der Waals surface area contributed by atoms with Gasteiger partial charge in [0.15, 0.2) is 6.04 Å². The second kappa shape index (κ2) is 7.40. The number of anilines is 2. The van der Waals surface area contributed by atoms with Gasteiger partial charge in [-0.1, -0.05) is 0 Å². The molecule has 0 spiro atoms. The van der Waals surface area contributed by atoms with Crippen LogP contribution in [0, 0.1) is 5.82 Å². The third-order valence-electron chi connectivity index (χ3n) is 5.15. The number of hydrogen-bond donors (Lipinski definition) is 1.